The summed E-state index contributed by atoms with van der Waals surface area (Å²) < 4.78 is 27.7. The second-order valence-electron chi connectivity index (χ2n) is 6.67. The monoisotopic (exact) mass is 464 g/mol. The van der Waals surface area contributed by atoms with Gasteiger partial charge in [-0.1, -0.05) is 29.8 Å². The third-order valence-electron chi connectivity index (χ3n) is 4.27. The third-order valence-corrected chi connectivity index (χ3v) is 6.78. The predicted octanol–water partition coefficient (Wildman–Crippen LogP) is 3.94. The van der Waals surface area contributed by atoms with Crippen molar-refractivity contribution in [3.63, 3.8) is 0 Å². The topological polar surface area (TPSA) is 84.3 Å². The molecule has 1 N–H and O–H groups in total. The maximum absolute atomic E-state index is 12.8. The van der Waals surface area contributed by atoms with Gasteiger partial charge in [0.2, 0.25) is 15.9 Å². The van der Waals surface area contributed by atoms with E-state index in [1.165, 1.54) is 11.8 Å². The van der Waals surface area contributed by atoms with Gasteiger partial charge >= 0.3 is 0 Å². The van der Waals surface area contributed by atoms with E-state index in [9.17, 15) is 13.2 Å². The molecule has 0 atom stereocenters. The van der Waals surface area contributed by atoms with Crippen LogP contribution in [0.1, 0.15) is 5.56 Å². The number of imidazole rings is 1. The molecule has 7 nitrogen and oxygen atoms in total. The summed E-state index contributed by atoms with van der Waals surface area (Å²) >= 11 is 7.49. The highest BCUT2D eigenvalue weighted by Gasteiger charge is 2.23. The number of nitrogens with zero attached hydrogens (tertiary/aromatic N) is 3. The molecule has 0 radical (unpaired) electrons. The van der Waals surface area contributed by atoms with Crippen molar-refractivity contribution in [1.29, 1.82) is 0 Å². The van der Waals surface area contributed by atoms with Gasteiger partial charge < -0.3 is 9.88 Å². The number of para-hydroxylation sites is 1. The van der Waals surface area contributed by atoms with E-state index in [1.54, 1.807) is 49.5 Å². The van der Waals surface area contributed by atoms with Crippen LogP contribution in [0.5, 0.6) is 0 Å². The van der Waals surface area contributed by atoms with E-state index < -0.39 is 15.9 Å². The van der Waals surface area contributed by atoms with Gasteiger partial charge in [-0.3, -0.25) is 9.10 Å². The first-order chi connectivity index (χ1) is 14.1. The van der Waals surface area contributed by atoms with Crippen LogP contribution in [0.25, 0.3) is 0 Å². The molecule has 0 unspecified atom stereocenters. The van der Waals surface area contributed by atoms with E-state index in [-0.39, 0.29) is 6.54 Å². The molecule has 3 rings (SSSR count). The van der Waals surface area contributed by atoms with Gasteiger partial charge in [-0.2, -0.15) is 0 Å². The number of anilines is 2. The number of sulfonamides is 1. The van der Waals surface area contributed by atoms with Crippen LogP contribution in [0.2, 0.25) is 5.02 Å². The first-order valence-electron chi connectivity index (χ1n) is 8.93. The maximum atomic E-state index is 12.8. The lowest BCUT2D eigenvalue weighted by Gasteiger charge is -2.23. The molecule has 2 aromatic carbocycles. The molecule has 0 aliphatic carbocycles. The quantitative estimate of drug-likeness (QED) is 0.572. The number of rotatable bonds is 7. The Morgan fingerprint density at radius 1 is 1.27 bits per heavy atom. The molecule has 0 bridgehead atoms. The second-order valence-corrected chi connectivity index (χ2v) is 10.0. The minimum atomic E-state index is -3.66. The van der Waals surface area contributed by atoms with Gasteiger partial charge in [-0.05, 0) is 48.5 Å². The average molecular weight is 465 g/mol. The SMILES string of the molecule is Cc1ccccc1N(CC(=O)Nc1cc(Cl)ccc1Sc1nccn1C)S(C)(=O)=O. The largest absolute Gasteiger partial charge is 0.329 e. The summed E-state index contributed by atoms with van der Waals surface area (Å²) in [4.78, 5) is 17.8. The van der Waals surface area contributed by atoms with Crippen LogP contribution in [0.15, 0.2) is 64.9 Å². The summed E-state index contributed by atoms with van der Waals surface area (Å²) in [6.45, 7) is 1.44. The molecule has 0 aliphatic heterocycles. The molecular formula is C20H21ClN4O3S2. The van der Waals surface area contributed by atoms with Gasteiger partial charge in [0.05, 0.1) is 17.6 Å². The number of carbonyl (C=O) groups is 1. The number of aryl methyl sites for hydroxylation is 2. The van der Waals surface area contributed by atoms with E-state index in [2.05, 4.69) is 10.3 Å². The van der Waals surface area contributed by atoms with Crippen LogP contribution in [0.4, 0.5) is 11.4 Å². The zero-order valence-electron chi connectivity index (χ0n) is 16.7. The lowest BCUT2D eigenvalue weighted by molar-refractivity contribution is -0.114. The van der Waals surface area contributed by atoms with Crippen molar-refractivity contribution in [3.8, 4) is 0 Å². The summed E-state index contributed by atoms with van der Waals surface area (Å²) in [7, 11) is -1.79. The Morgan fingerprint density at radius 3 is 2.63 bits per heavy atom. The average Bonchev–Trinajstić information content (AvgIpc) is 3.06. The lowest BCUT2D eigenvalue weighted by atomic mass is 10.2. The number of hydrogen-bond acceptors (Lipinski definition) is 5. The molecule has 1 heterocycles. The number of nitrogens with one attached hydrogen (secondary N) is 1. The van der Waals surface area contributed by atoms with Crippen molar-refractivity contribution in [2.45, 2.75) is 17.0 Å². The highest BCUT2D eigenvalue weighted by Crippen LogP contribution is 2.34. The van der Waals surface area contributed by atoms with Crippen LogP contribution in [-0.2, 0) is 21.9 Å². The molecular weight excluding hydrogens is 444 g/mol. The highest BCUT2D eigenvalue weighted by molar-refractivity contribution is 7.99. The van der Waals surface area contributed by atoms with Crippen molar-refractivity contribution in [2.24, 2.45) is 7.05 Å². The minimum absolute atomic E-state index is 0.358. The number of carbonyl (C=O) groups excluding carboxylic acids is 1. The summed E-state index contributed by atoms with van der Waals surface area (Å²) in [5, 5.41) is 3.98. The Labute approximate surface area is 185 Å². The number of benzene rings is 2. The van der Waals surface area contributed by atoms with Crippen molar-refractivity contribution in [1.82, 2.24) is 9.55 Å². The number of halogens is 1. The zero-order valence-corrected chi connectivity index (χ0v) is 19.1. The summed E-state index contributed by atoms with van der Waals surface area (Å²) in [5.74, 6) is -0.479. The van der Waals surface area contributed by atoms with Crippen LogP contribution < -0.4 is 9.62 Å². The Bertz CT molecular complexity index is 1180. The van der Waals surface area contributed by atoms with Gasteiger partial charge in [-0.25, -0.2) is 13.4 Å². The number of hydrogen-bond donors (Lipinski definition) is 1. The molecule has 0 saturated heterocycles. The fourth-order valence-electron chi connectivity index (χ4n) is 2.78. The predicted molar refractivity (Wildman–Crippen MR) is 121 cm³/mol. The molecule has 3 aromatic rings. The Morgan fingerprint density at radius 2 is 2.00 bits per heavy atom. The van der Waals surface area contributed by atoms with Crippen LogP contribution in [0.3, 0.4) is 0 Å². The highest BCUT2D eigenvalue weighted by atomic mass is 35.5. The van der Waals surface area contributed by atoms with E-state index in [4.69, 9.17) is 11.6 Å². The number of aromatic nitrogens is 2. The molecule has 0 spiro atoms. The second kappa shape index (κ2) is 9.11. The summed E-state index contributed by atoms with van der Waals surface area (Å²) in [6.07, 6.45) is 4.58. The molecule has 1 aromatic heterocycles. The van der Waals surface area contributed by atoms with E-state index >= 15 is 0 Å². The van der Waals surface area contributed by atoms with Crippen LogP contribution in [-0.4, -0.2) is 36.7 Å². The van der Waals surface area contributed by atoms with Crippen molar-refractivity contribution in [2.75, 3.05) is 22.4 Å². The van der Waals surface area contributed by atoms with Gasteiger partial charge in [0.15, 0.2) is 5.16 Å². The van der Waals surface area contributed by atoms with Crippen molar-refractivity contribution < 1.29 is 13.2 Å². The van der Waals surface area contributed by atoms with Gasteiger partial charge in [0, 0.05) is 29.4 Å². The first-order valence-corrected chi connectivity index (χ1v) is 12.0. The first kappa shape index (κ1) is 22.2. The van der Waals surface area contributed by atoms with Crippen LogP contribution in [0, 0.1) is 6.92 Å². The molecule has 10 heteroatoms. The van der Waals surface area contributed by atoms with Crippen molar-refractivity contribution >= 4 is 50.7 Å². The molecule has 158 valence electrons. The maximum Gasteiger partial charge on any atom is 0.245 e. The number of amides is 1. The fraction of sp³-hybridized carbons (Fsp3) is 0.200. The smallest absolute Gasteiger partial charge is 0.245 e. The van der Waals surface area contributed by atoms with E-state index in [1.807, 2.05) is 23.9 Å². The Kier molecular flexibility index (Phi) is 6.74. The lowest BCUT2D eigenvalue weighted by Crippen LogP contribution is -2.37. The molecule has 0 saturated carbocycles. The van der Waals surface area contributed by atoms with E-state index in [0.717, 1.165) is 26.2 Å². The standard InChI is InChI=1S/C20H21ClN4O3S2/c1-14-6-4-5-7-17(14)25(30(3,27)28)13-19(26)23-16-12-15(21)8-9-18(16)29-20-22-10-11-24(20)2/h4-12H,13H2,1-3H3,(H,23,26). The zero-order chi connectivity index (χ0) is 21.9. The summed E-state index contributed by atoms with van der Waals surface area (Å²) in [5.41, 5.74) is 1.70. The molecule has 1 amide bonds. The minimum Gasteiger partial charge on any atom is -0.329 e. The summed E-state index contributed by atoms with van der Waals surface area (Å²) in [6, 6.07) is 12.1. The van der Waals surface area contributed by atoms with Crippen LogP contribution >= 0.6 is 23.4 Å². The fourth-order valence-corrected chi connectivity index (χ4v) is 4.74. The Hall–Kier alpha value is -2.49. The third kappa shape index (κ3) is 5.35. The molecule has 30 heavy (non-hydrogen) atoms. The van der Waals surface area contributed by atoms with E-state index in [0.29, 0.717) is 16.4 Å². The van der Waals surface area contributed by atoms with Gasteiger partial charge in [0.25, 0.3) is 0 Å². The molecule has 0 fully saturated rings. The Balaban J connectivity index is 1.85. The molecule has 0 aliphatic rings. The van der Waals surface area contributed by atoms with Crippen molar-refractivity contribution in [3.05, 3.63) is 65.4 Å². The van der Waals surface area contributed by atoms with Gasteiger partial charge in [0.1, 0.15) is 6.54 Å². The normalized spacial score (nSPS) is 11.3. The van der Waals surface area contributed by atoms with Gasteiger partial charge in [-0.15, -0.1) is 0 Å².